The number of hydrogen-bond donors (Lipinski definition) is 0. The van der Waals surface area contributed by atoms with Crippen molar-refractivity contribution in [3.63, 3.8) is 0 Å². The van der Waals surface area contributed by atoms with Crippen LogP contribution in [0.15, 0.2) is 24.5 Å². The van der Waals surface area contributed by atoms with Crippen LogP contribution in [0, 0.1) is 0 Å². The third kappa shape index (κ3) is 2.43. The van der Waals surface area contributed by atoms with E-state index in [4.69, 9.17) is 0 Å². The van der Waals surface area contributed by atoms with Gasteiger partial charge in [-0.1, -0.05) is 6.92 Å². The number of rotatable bonds is 2. The monoisotopic (exact) mass is 242 g/mol. The van der Waals surface area contributed by atoms with E-state index in [0.29, 0.717) is 6.42 Å². The van der Waals surface area contributed by atoms with E-state index in [1.807, 2.05) is 6.92 Å². The summed E-state index contributed by atoms with van der Waals surface area (Å²) < 4.78 is 38.5. The standard InChI is InChI=1S/C10H9F3N4/c1-2-7-4-6-17(16-7)8-3-5-14-9(15-8)10(11,12)13/h3-6H,2H2,1H3. The van der Waals surface area contributed by atoms with Gasteiger partial charge in [0, 0.05) is 18.5 Å². The van der Waals surface area contributed by atoms with Crippen molar-refractivity contribution in [1.82, 2.24) is 19.7 Å². The van der Waals surface area contributed by atoms with Gasteiger partial charge in [-0.25, -0.2) is 14.6 Å². The normalized spacial score (nSPS) is 11.8. The molecule has 0 fully saturated rings. The van der Waals surface area contributed by atoms with E-state index >= 15 is 0 Å². The van der Waals surface area contributed by atoms with Crippen molar-refractivity contribution in [2.24, 2.45) is 0 Å². The number of halogens is 3. The van der Waals surface area contributed by atoms with Gasteiger partial charge in [0.1, 0.15) is 0 Å². The second-order valence-corrected chi connectivity index (χ2v) is 3.34. The molecule has 0 aromatic carbocycles. The van der Waals surface area contributed by atoms with E-state index in [9.17, 15) is 13.2 Å². The number of aryl methyl sites for hydroxylation is 1. The predicted octanol–water partition coefficient (Wildman–Crippen LogP) is 2.24. The third-order valence-corrected chi connectivity index (χ3v) is 2.14. The number of nitrogens with zero attached hydrogens (tertiary/aromatic N) is 4. The molecule has 90 valence electrons. The van der Waals surface area contributed by atoms with Crippen molar-refractivity contribution >= 4 is 0 Å². The Bertz CT molecular complexity index is 518. The topological polar surface area (TPSA) is 43.6 Å². The van der Waals surface area contributed by atoms with Gasteiger partial charge in [-0.05, 0) is 12.5 Å². The summed E-state index contributed by atoms with van der Waals surface area (Å²) >= 11 is 0. The van der Waals surface area contributed by atoms with Crippen LogP contribution in [-0.2, 0) is 12.6 Å². The molecule has 2 heterocycles. The molecule has 0 spiro atoms. The third-order valence-electron chi connectivity index (χ3n) is 2.14. The molecule has 4 nitrogen and oxygen atoms in total. The molecule has 0 atom stereocenters. The Labute approximate surface area is 95.1 Å². The summed E-state index contributed by atoms with van der Waals surface area (Å²) in [5, 5.41) is 4.08. The maximum absolute atomic E-state index is 12.4. The highest BCUT2D eigenvalue weighted by Crippen LogP contribution is 2.25. The number of hydrogen-bond acceptors (Lipinski definition) is 3. The molecule has 17 heavy (non-hydrogen) atoms. The maximum Gasteiger partial charge on any atom is 0.451 e. The highest BCUT2D eigenvalue weighted by Gasteiger charge is 2.34. The first-order chi connectivity index (χ1) is 8.00. The zero-order chi connectivity index (χ0) is 12.5. The molecule has 0 unspecified atom stereocenters. The van der Waals surface area contributed by atoms with Crippen LogP contribution in [0.5, 0.6) is 0 Å². The lowest BCUT2D eigenvalue weighted by molar-refractivity contribution is -0.145. The first kappa shape index (κ1) is 11.6. The van der Waals surface area contributed by atoms with Gasteiger partial charge >= 0.3 is 6.18 Å². The Morgan fingerprint density at radius 1 is 1.29 bits per heavy atom. The summed E-state index contributed by atoms with van der Waals surface area (Å²) in [5.41, 5.74) is 0.789. The number of alkyl halides is 3. The lowest BCUT2D eigenvalue weighted by atomic mass is 10.4. The van der Waals surface area contributed by atoms with Crippen LogP contribution in [0.25, 0.3) is 5.82 Å². The average Bonchev–Trinajstić information content (AvgIpc) is 2.76. The van der Waals surface area contributed by atoms with Gasteiger partial charge in [0.05, 0.1) is 5.69 Å². The van der Waals surface area contributed by atoms with E-state index < -0.39 is 12.0 Å². The Hall–Kier alpha value is -1.92. The molecule has 7 heteroatoms. The molecule has 0 saturated heterocycles. The highest BCUT2D eigenvalue weighted by molar-refractivity contribution is 5.21. The van der Waals surface area contributed by atoms with Gasteiger partial charge in [0.2, 0.25) is 5.82 Å². The summed E-state index contributed by atoms with van der Waals surface area (Å²) in [4.78, 5) is 6.61. The smallest absolute Gasteiger partial charge is 0.233 e. The Kier molecular flexibility index (Phi) is 2.83. The summed E-state index contributed by atoms with van der Waals surface area (Å²) in [6.45, 7) is 1.91. The van der Waals surface area contributed by atoms with Crippen LogP contribution in [0.1, 0.15) is 18.4 Å². The molecule has 2 aromatic rings. The minimum atomic E-state index is -4.54. The quantitative estimate of drug-likeness (QED) is 0.811. The zero-order valence-corrected chi connectivity index (χ0v) is 8.94. The SMILES string of the molecule is CCc1ccn(-c2ccnc(C(F)(F)F)n2)n1. The van der Waals surface area contributed by atoms with Gasteiger partial charge in [-0.15, -0.1) is 0 Å². The molecular formula is C10H9F3N4. The van der Waals surface area contributed by atoms with Crippen LogP contribution < -0.4 is 0 Å². The van der Waals surface area contributed by atoms with E-state index in [0.717, 1.165) is 11.9 Å². The lowest BCUT2D eigenvalue weighted by Gasteiger charge is -2.06. The van der Waals surface area contributed by atoms with Gasteiger partial charge in [0.15, 0.2) is 5.82 Å². The van der Waals surface area contributed by atoms with Crippen LogP contribution in [0.3, 0.4) is 0 Å². The van der Waals surface area contributed by atoms with Crippen LogP contribution >= 0.6 is 0 Å². The molecule has 0 aliphatic heterocycles. The van der Waals surface area contributed by atoms with Crippen molar-refractivity contribution in [3.05, 3.63) is 36.0 Å². The molecule has 0 N–H and O–H groups in total. The fraction of sp³-hybridized carbons (Fsp3) is 0.300. The fourth-order valence-corrected chi connectivity index (χ4v) is 1.29. The molecule has 2 rings (SSSR count). The number of aromatic nitrogens is 4. The van der Waals surface area contributed by atoms with E-state index in [1.54, 1.807) is 12.3 Å². The second kappa shape index (κ2) is 4.15. The Balaban J connectivity index is 2.39. The van der Waals surface area contributed by atoms with Crippen molar-refractivity contribution in [1.29, 1.82) is 0 Å². The van der Waals surface area contributed by atoms with Gasteiger partial charge in [-0.2, -0.15) is 18.3 Å². The zero-order valence-electron chi connectivity index (χ0n) is 8.94. The Morgan fingerprint density at radius 2 is 2.06 bits per heavy atom. The summed E-state index contributed by atoms with van der Waals surface area (Å²) in [6.07, 6.45) is -1.19. The molecule has 0 amide bonds. The van der Waals surface area contributed by atoms with Gasteiger partial charge in [0.25, 0.3) is 0 Å². The van der Waals surface area contributed by atoms with Gasteiger partial charge in [-0.3, -0.25) is 0 Å². The second-order valence-electron chi connectivity index (χ2n) is 3.34. The molecule has 0 saturated carbocycles. The van der Waals surface area contributed by atoms with Gasteiger partial charge < -0.3 is 0 Å². The lowest BCUT2D eigenvalue weighted by Crippen LogP contribution is -2.13. The van der Waals surface area contributed by atoms with Crippen LogP contribution in [0.2, 0.25) is 0 Å². The van der Waals surface area contributed by atoms with Crippen LogP contribution in [0.4, 0.5) is 13.2 Å². The molecule has 2 aromatic heterocycles. The van der Waals surface area contributed by atoms with Crippen molar-refractivity contribution in [3.8, 4) is 5.82 Å². The fourth-order valence-electron chi connectivity index (χ4n) is 1.29. The van der Waals surface area contributed by atoms with Crippen molar-refractivity contribution in [2.75, 3.05) is 0 Å². The summed E-state index contributed by atoms with van der Waals surface area (Å²) in [6, 6.07) is 3.11. The molecular weight excluding hydrogens is 233 g/mol. The largest absolute Gasteiger partial charge is 0.451 e. The summed E-state index contributed by atoms with van der Waals surface area (Å²) in [5.74, 6) is -1.06. The van der Waals surface area contributed by atoms with E-state index in [-0.39, 0.29) is 5.82 Å². The average molecular weight is 242 g/mol. The van der Waals surface area contributed by atoms with Crippen molar-refractivity contribution < 1.29 is 13.2 Å². The van der Waals surface area contributed by atoms with Crippen molar-refractivity contribution in [2.45, 2.75) is 19.5 Å². The summed E-state index contributed by atoms with van der Waals surface area (Å²) in [7, 11) is 0. The highest BCUT2D eigenvalue weighted by atomic mass is 19.4. The van der Waals surface area contributed by atoms with Crippen LogP contribution in [-0.4, -0.2) is 19.7 Å². The first-order valence-corrected chi connectivity index (χ1v) is 4.96. The minimum Gasteiger partial charge on any atom is -0.233 e. The molecule has 0 bridgehead atoms. The minimum absolute atomic E-state index is 0.104. The predicted molar refractivity (Wildman–Crippen MR) is 53.5 cm³/mol. The Morgan fingerprint density at radius 3 is 2.65 bits per heavy atom. The van der Waals surface area contributed by atoms with E-state index in [2.05, 4.69) is 15.1 Å². The van der Waals surface area contributed by atoms with E-state index in [1.165, 1.54) is 10.7 Å². The molecule has 0 aliphatic carbocycles. The molecule has 0 aliphatic rings. The molecule has 0 radical (unpaired) electrons. The maximum atomic E-state index is 12.4. The first-order valence-electron chi connectivity index (χ1n) is 4.96.